The molecule has 0 saturated heterocycles. The van der Waals surface area contributed by atoms with Gasteiger partial charge in [0.05, 0.1) is 0 Å². The Morgan fingerprint density at radius 2 is 1.58 bits per heavy atom. The highest BCUT2D eigenvalue weighted by Crippen LogP contribution is 2.75. The first kappa shape index (κ1) is 27.9. The summed E-state index contributed by atoms with van der Waals surface area (Å²) >= 11 is 0. The van der Waals surface area contributed by atoms with Gasteiger partial charge in [-0.25, -0.2) is 5.48 Å². The van der Waals surface area contributed by atoms with Gasteiger partial charge in [0.15, 0.2) is 5.78 Å². The predicted molar refractivity (Wildman–Crippen MR) is 147 cm³/mol. The standard InChI is InChI=1S/C32H50N2O4/c1-19(35)33-24-10-11-30(6)23(27(24,2)3)9-12-32(8)25(30)22(36)17-20-21-18-29(5,26(37)34-38)14-13-28(21,4)15-16-31(20,32)7/h17,21,23-25,38H,9-16,18H2,1-8H3,(H,33,35)(H,34,37)/t21-,23?,24-,25+,28+,29-,30-,31+,32+/m0/s1. The van der Waals surface area contributed by atoms with E-state index < -0.39 is 5.41 Å². The van der Waals surface area contributed by atoms with Crippen molar-refractivity contribution in [3.8, 4) is 0 Å². The summed E-state index contributed by atoms with van der Waals surface area (Å²) in [4.78, 5) is 39.2. The number of amides is 2. The number of carbonyl (C=O) groups excluding carboxylic acids is 3. The first-order valence-corrected chi connectivity index (χ1v) is 15.0. The van der Waals surface area contributed by atoms with E-state index in [1.807, 2.05) is 18.5 Å². The maximum atomic E-state index is 14.4. The van der Waals surface area contributed by atoms with E-state index in [4.69, 9.17) is 0 Å². The highest BCUT2D eigenvalue weighted by Gasteiger charge is 2.70. The van der Waals surface area contributed by atoms with Gasteiger partial charge in [0.2, 0.25) is 11.8 Å². The van der Waals surface area contributed by atoms with Crippen molar-refractivity contribution >= 4 is 17.6 Å². The number of hydroxylamine groups is 1. The molecular formula is C32H50N2O4. The highest BCUT2D eigenvalue weighted by atomic mass is 16.5. The Labute approximate surface area is 229 Å². The molecular weight excluding hydrogens is 476 g/mol. The van der Waals surface area contributed by atoms with Crippen LogP contribution in [0.3, 0.4) is 0 Å². The summed E-state index contributed by atoms with van der Waals surface area (Å²) in [5.74, 6) is 0.493. The third kappa shape index (κ3) is 3.50. The largest absolute Gasteiger partial charge is 0.353 e. The third-order valence-corrected chi connectivity index (χ3v) is 13.6. The Hall–Kier alpha value is -1.69. The molecule has 0 aromatic carbocycles. The Morgan fingerprint density at radius 3 is 2.21 bits per heavy atom. The molecule has 1 unspecified atom stereocenters. The Morgan fingerprint density at radius 1 is 0.921 bits per heavy atom. The van der Waals surface area contributed by atoms with Crippen LogP contribution in [0.2, 0.25) is 0 Å². The second kappa shape index (κ2) is 8.41. The lowest BCUT2D eigenvalue weighted by atomic mass is 9.33. The molecule has 2 amide bonds. The summed E-state index contributed by atoms with van der Waals surface area (Å²) in [6.07, 6.45) is 10.5. The predicted octanol–water partition coefficient (Wildman–Crippen LogP) is 5.98. The van der Waals surface area contributed by atoms with Crippen molar-refractivity contribution in [2.45, 2.75) is 119 Å². The number of hydrogen-bond acceptors (Lipinski definition) is 4. The smallest absolute Gasteiger partial charge is 0.249 e. The van der Waals surface area contributed by atoms with Crippen LogP contribution in [0.25, 0.3) is 0 Å². The second-order valence-corrected chi connectivity index (χ2v) is 15.8. The number of rotatable bonds is 2. The van der Waals surface area contributed by atoms with Crippen molar-refractivity contribution in [2.75, 3.05) is 0 Å². The van der Waals surface area contributed by atoms with Crippen LogP contribution in [0, 0.1) is 50.2 Å². The minimum atomic E-state index is -0.630. The van der Waals surface area contributed by atoms with Crippen LogP contribution < -0.4 is 10.8 Å². The van der Waals surface area contributed by atoms with Crippen LogP contribution in [-0.2, 0) is 14.4 Å². The van der Waals surface area contributed by atoms with Crippen LogP contribution in [0.4, 0.5) is 0 Å². The first-order chi connectivity index (χ1) is 17.5. The molecule has 5 aliphatic rings. The quantitative estimate of drug-likeness (QED) is 0.305. The summed E-state index contributed by atoms with van der Waals surface area (Å²) in [5.41, 5.74) is 2.20. The van der Waals surface area contributed by atoms with E-state index in [-0.39, 0.29) is 62.6 Å². The van der Waals surface area contributed by atoms with E-state index in [2.05, 4.69) is 46.9 Å². The minimum absolute atomic E-state index is 0.0285. The highest BCUT2D eigenvalue weighted by molar-refractivity contribution is 5.95. The van der Waals surface area contributed by atoms with Gasteiger partial charge in [-0.3, -0.25) is 19.6 Å². The van der Waals surface area contributed by atoms with Gasteiger partial charge in [0, 0.05) is 24.3 Å². The van der Waals surface area contributed by atoms with Gasteiger partial charge >= 0.3 is 0 Å². The van der Waals surface area contributed by atoms with E-state index in [1.54, 1.807) is 6.92 Å². The van der Waals surface area contributed by atoms with Gasteiger partial charge in [0.25, 0.3) is 0 Å². The minimum Gasteiger partial charge on any atom is -0.353 e. The number of ketones is 1. The molecule has 0 bridgehead atoms. The molecule has 4 fully saturated rings. The van der Waals surface area contributed by atoms with E-state index in [1.165, 1.54) is 5.57 Å². The van der Waals surface area contributed by atoms with Crippen LogP contribution in [-0.4, -0.2) is 28.8 Å². The van der Waals surface area contributed by atoms with E-state index in [0.29, 0.717) is 12.3 Å². The zero-order valence-corrected chi connectivity index (χ0v) is 24.9. The first-order valence-electron chi connectivity index (χ1n) is 15.0. The molecule has 0 aromatic heterocycles. The normalized spacial score (nSPS) is 49.4. The molecule has 0 aromatic rings. The fourth-order valence-electron chi connectivity index (χ4n) is 11.0. The zero-order chi connectivity index (χ0) is 28.1. The lowest BCUT2D eigenvalue weighted by Crippen LogP contribution is -2.67. The molecule has 4 saturated carbocycles. The zero-order valence-electron chi connectivity index (χ0n) is 24.9. The summed E-state index contributed by atoms with van der Waals surface area (Å²) in [6.45, 7) is 17.7. The van der Waals surface area contributed by atoms with Gasteiger partial charge in [-0.1, -0.05) is 54.0 Å². The van der Waals surface area contributed by atoms with Crippen LogP contribution in [0.15, 0.2) is 11.6 Å². The Bertz CT molecular complexity index is 1100. The fraction of sp³-hybridized carbons (Fsp3) is 0.844. The van der Waals surface area contributed by atoms with Crippen molar-refractivity contribution in [1.82, 2.24) is 10.8 Å². The average molecular weight is 527 g/mol. The summed E-state index contributed by atoms with van der Waals surface area (Å²) in [6, 6.07) is 0.135. The molecule has 38 heavy (non-hydrogen) atoms. The third-order valence-electron chi connectivity index (χ3n) is 13.6. The number of carbonyl (C=O) groups is 3. The molecule has 0 spiro atoms. The summed E-state index contributed by atoms with van der Waals surface area (Å²) in [7, 11) is 0. The van der Waals surface area contributed by atoms with E-state index in [9.17, 15) is 19.6 Å². The van der Waals surface area contributed by atoms with Gasteiger partial charge in [-0.05, 0) is 103 Å². The molecule has 6 heteroatoms. The molecule has 0 radical (unpaired) electrons. The van der Waals surface area contributed by atoms with Crippen molar-refractivity contribution in [1.29, 1.82) is 0 Å². The van der Waals surface area contributed by atoms with Crippen LogP contribution >= 0.6 is 0 Å². The Kier molecular flexibility index (Phi) is 6.16. The molecule has 0 aliphatic heterocycles. The Balaban J connectivity index is 1.57. The van der Waals surface area contributed by atoms with Crippen molar-refractivity contribution in [2.24, 2.45) is 50.2 Å². The molecule has 0 heterocycles. The molecule has 3 N–H and O–H groups in total. The molecule has 5 aliphatic carbocycles. The van der Waals surface area contributed by atoms with Crippen molar-refractivity contribution < 1.29 is 19.6 Å². The maximum absolute atomic E-state index is 14.4. The second-order valence-electron chi connectivity index (χ2n) is 15.8. The summed E-state index contributed by atoms with van der Waals surface area (Å²) < 4.78 is 0. The van der Waals surface area contributed by atoms with Crippen molar-refractivity contribution in [3.05, 3.63) is 11.6 Å². The SMILES string of the molecule is CC(=O)N[C@H]1CC[C@@]2(C)C(CC[C@]3(C)[C@@H]2C(=O)C=C2[C@@H]4C[C@@](C)(C(=O)NO)CC[C@]4(C)CC[C@]23C)C1(C)C. The number of allylic oxidation sites excluding steroid dienone is 2. The number of nitrogens with one attached hydrogen (secondary N) is 2. The molecule has 9 atom stereocenters. The van der Waals surface area contributed by atoms with Crippen LogP contribution in [0.5, 0.6) is 0 Å². The van der Waals surface area contributed by atoms with Gasteiger partial charge < -0.3 is 5.32 Å². The fourth-order valence-corrected chi connectivity index (χ4v) is 11.0. The summed E-state index contributed by atoms with van der Waals surface area (Å²) in [5, 5.41) is 12.7. The number of hydrogen-bond donors (Lipinski definition) is 3. The number of fused-ring (bicyclic) bond motifs is 7. The molecule has 5 rings (SSSR count). The maximum Gasteiger partial charge on any atom is 0.249 e. The lowest BCUT2D eigenvalue weighted by molar-refractivity contribution is -0.189. The topological polar surface area (TPSA) is 95.5 Å². The van der Waals surface area contributed by atoms with Crippen molar-refractivity contribution in [3.63, 3.8) is 0 Å². The average Bonchev–Trinajstić information content (AvgIpc) is 2.82. The molecule has 6 nitrogen and oxygen atoms in total. The lowest BCUT2D eigenvalue weighted by Gasteiger charge is -2.70. The van der Waals surface area contributed by atoms with E-state index >= 15 is 0 Å². The van der Waals surface area contributed by atoms with Gasteiger partial charge in [0.1, 0.15) is 0 Å². The van der Waals surface area contributed by atoms with Crippen LogP contribution in [0.1, 0.15) is 113 Å². The van der Waals surface area contributed by atoms with Gasteiger partial charge in [-0.2, -0.15) is 0 Å². The monoisotopic (exact) mass is 526 g/mol. The van der Waals surface area contributed by atoms with Gasteiger partial charge in [-0.15, -0.1) is 0 Å². The van der Waals surface area contributed by atoms with E-state index in [0.717, 1.165) is 51.4 Å². The molecule has 212 valence electrons.